The summed E-state index contributed by atoms with van der Waals surface area (Å²) in [5.74, 6) is -1.78. The van der Waals surface area contributed by atoms with Crippen LogP contribution < -0.4 is 5.73 Å². The summed E-state index contributed by atoms with van der Waals surface area (Å²) in [6, 6.07) is -1.47. The van der Waals surface area contributed by atoms with Gasteiger partial charge < -0.3 is 25.2 Å². The minimum atomic E-state index is -4.62. The van der Waals surface area contributed by atoms with Crippen molar-refractivity contribution in [2.75, 3.05) is 26.4 Å². The first-order valence-electron chi connectivity index (χ1n) is 26.0. The van der Waals surface area contributed by atoms with Gasteiger partial charge in [0.1, 0.15) is 12.1 Å². The van der Waals surface area contributed by atoms with Crippen molar-refractivity contribution in [3.8, 4) is 0 Å². The largest absolute Gasteiger partial charge is 0.480 e. The zero-order valence-electron chi connectivity index (χ0n) is 40.7. The van der Waals surface area contributed by atoms with Crippen molar-refractivity contribution in [1.29, 1.82) is 0 Å². The van der Waals surface area contributed by atoms with E-state index in [0.717, 1.165) is 51.4 Å². The van der Waals surface area contributed by atoms with E-state index < -0.39 is 45.1 Å². The lowest BCUT2D eigenvalue weighted by Gasteiger charge is -2.20. The average Bonchev–Trinajstić information content (AvgIpc) is 3.26. The van der Waals surface area contributed by atoms with Crippen LogP contribution in [-0.2, 0) is 32.7 Å². The summed E-state index contributed by atoms with van der Waals surface area (Å²) in [4.78, 5) is 33.7. The number of hydrogen-bond acceptors (Lipinski definition) is 8. The molecule has 4 N–H and O–H groups in total. The zero-order chi connectivity index (χ0) is 46.2. The number of phosphoric acid groups is 1. The lowest BCUT2D eigenvalue weighted by Crippen LogP contribution is -2.34. The first-order chi connectivity index (χ1) is 30.7. The average molecular weight is 912 g/mol. The quantitative estimate of drug-likeness (QED) is 0.0232. The molecule has 10 nitrogen and oxygen atoms in total. The molecule has 0 aromatic heterocycles. The number of esters is 1. The molecule has 3 unspecified atom stereocenters. The molecule has 0 aliphatic carbocycles. The van der Waals surface area contributed by atoms with Gasteiger partial charge in [0.2, 0.25) is 0 Å². The summed E-state index contributed by atoms with van der Waals surface area (Å²) in [6.45, 7) is 3.89. The standard InChI is InChI=1S/C52H98NO9P/c1-3-5-7-9-11-13-15-17-19-21-23-24-25-27-29-31-33-35-37-39-41-43-45-59-46-49(47-60-63(57,58)61-48-50(53)52(55)56)62-51(54)44-42-40-38-36-34-32-30-28-26-22-20-18-16-14-12-10-8-6-4-2/h12,14,18,20-21,23,49-50H,3-11,13,15-17,19,22,24-48,53H2,1-2H3,(H,55,56)(H,57,58)/b14-12-,20-18-,23-21-. The predicted molar refractivity (Wildman–Crippen MR) is 263 cm³/mol. The Labute approximate surface area is 387 Å². The number of ether oxygens (including phenoxy) is 2. The Kier molecular flexibility index (Phi) is 46.7. The second-order valence-electron chi connectivity index (χ2n) is 17.6. The number of nitrogens with two attached hydrogens (primary N) is 1. The maximum Gasteiger partial charge on any atom is 0.472 e. The molecule has 11 heteroatoms. The van der Waals surface area contributed by atoms with Gasteiger partial charge in [-0.25, -0.2) is 4.57 Å². The molecule has 0 amide bonds. The highest BCUT2D eigenvalue weighted by atomic mass is 31.2. The van der Waals surface area contributed by atoms with Crippen molar-refractivity contribution < 1.29 is 42.7 Å². The van der Waals surface area contributed by atoms with Crippen molar-refractivity contribution >= 4 is 19.8 Å². The Balaban J connectivity index is 4.12. The number of carbonyl (C=O) groups is 2. The highest BCUT2D eigenvalue weighted by Gasteiger charge is 2.27. The summed E-state index contributed by atoms with van der Waals surface area (Å²) in [5.41, 5.74) is 5.38. The van der Waals surface area contributed by atoms with Crippen molar-refractivity contribution in [3.05, 3.63) is 36.5 Å². The molecule has 0 saturated carbocycles. The lowest BCUT2D eigenvalue weighted by molar-refractivity contribution is -0.154. The molecule has 0 aliphatic heterocycles. The number of phosphoric ester groups is 1. The van der Waals surface area contributed by atoms with Crippen LogP contribution in [-0.4, -0.2) is 60.5 Å². The molecule has 63 heavy (non-hydrogen) atoms. The highest BCUT2D eigenvalue weighted by molar-refractivity contribution is 7.47. The topological polar surface area (TPSA) is 155 Å². The van der Waals surface area contributed by atoms with Gasteiger partial charge in [-0.3, -0.25) is 18.6 Å². The van der Waals surface area contributed by atoms with E-state index in [1.807, 2.05) is 0 Å². The van der Waals surface area contributed by atoms with E-state index in [4.69, 9.17) is 29.4 Å². The second-order valence-corrected chi connectivity index (χ2v) is 19.1. The molecule has 0 aromatic carbocycles. The van der Waals surface area contributed by atoms with Crippen LogP contribution in [0.25, 0.3) is 0 Å². The van der Waals surface area contributed by atoms with Gasteiger partial charge >= 0.3 is 19.8 Å². The van der Waals surface area contributed by atoms with Crippen LogP contribution in [0.4, 0.5) is 0 Å². The third kappa shape index (κ3) is 48.0. The van der Waals surface area contributed by atoms with Crippen molar-refractivity contribution in [2.24, 2.45) is 5.73 Å². The molecular weight excluding hydrogens is 814 g/mol. The van der Waals surface area contributed by atoms with Gasteiger partial charge in [0.15, 0.2) is 0 Å². The number of allylic oxidation sites excluding steroid dienone is 6. The first-order valence-corrected chi connectivity index (χ1v) is 27.5. The number of rotatable bonds is 50. The third-order valence-corrected chi connectivity index (χ3v) is 12.3. The Morgan fingerprint density at radius 1 is 0.508 bits per heavy atom. The Hall–Kier alpha value is -1.81. The molecule has 0 radical (unpaired) electrons. The minimum absolute atomic E-state index is 0.0161. The molecular formula is C52H98NO9P. The molecule has 3 atom stereocenters. The molecule has 0 saturated heterocycles. The van der Waals surface area contributed by atoms with Gasteiger partial charge in [-0.2, -0.15) is 0 Å². The summed E-state index contributed by atoms with van der Waals surface area (Å²) in [6.07, 6.45) is 56.3. The second kappa shape index (κ2) is 48.1. The normalized spacial score (nSPS) is 14.0. The molecule has 370 valence electrons. The number of carboxylic acid groups (broad SMARTS) is 1. The van der Waals surface area contributed by atoms with E-state index in [-0.39, 0.29) is 13.0 Å². The van der Waals surface area contributed by atoms with Crippen LogP contribution in [0.5, 0.6) is 0 Å². The first kappa shape index (κ1) is 61.2. The van der Waals surface area contributed by atoms with E-state index in [1.165, 1.54) is 167 Å². The summed E-state index contributed by atoms with van der Waals surface area (Å²) < 4.78 is 33.5. The summed E-state index contributed by atoms with van der Waals surface area (Å²) in [7, 11) is -4.62. The van der Waals surface area contributed by atoms with Gasteiger partial charge in [-0.05, 0) is 70.6 Å². The molecule has 0 aliphatic rings. The van der Waals surface area contributed by atoms with Crippen LogP contribution >= 0.6 is 7.82 Å². The van der Waals surface area contributed by atoms with E-state index in [0.29, 0.717) is 13.0 Å². The van der Waals surface area contributed by atoms with Crippen LogP contribution in [0.1, 0.15) is 245 Å². The van der Waals surface area contributed by atoms with Gasteiger partial charge in [0.05, 0.1) is 19.8 Å². The molecule has 0 spiro atoms. The molecule has 0 bridgehead atoms. The van der Waals surface area contributed by atoms with E-state index in [9.17, 15) is 19.0 Å². The van der Waals surface area contributed by atoms with E-state index in [2.05, 4.69) is 50.3 Å². The molecule has 0 heterocycles. The Morgan fingerprint density at radius 2 is 0.873 bits per heavy atom. The van der Waals surface area contributed by atoms with Gasteiger partial charge in [-0.15, -0.1) is 0 Å². The number of aliphatic carboxylic acids is 1. The fourth-order valence-electron chi connectivity index (χ4n) is 7.34. The van der Waals surface area contributed by atoms with Crippen LogP contribution in [0.15, 0.2) is 36.5 Å². The van der Waals surface area contributed by atoms with Crippen LogP contribution in [0, 0.1) is 0 Å². The van der Waals surface area contributed by atoms with E-state index in [1.54, 1.807) is 0 Å². The Morgan fingerprint density at radius 3 is 1.33 bits per heavy atom. The molecule has 0 rings (SSSR count). The van der Waals surface area contributed by atoms with E-state index >= 15 is 0 Å². The van der Waals surface area contributed by atoms with Crippen LogP contribution in [0.3, 0.4) is 0 Å². The number of carbonyl (C=O) groups excluding carboxylic acids is 1. The third-order valence-electron chi connectivity index (χ3n) is 11.4. The van der Waals surface area contributed by atoms with Gasteiger partial charge in [-0.1, -0.05) is 204 Å². The van der Waals surface area contributed by atoms with Gasteiger partial charge in [0.25, 0.3) is 0 Å². The number of unbranched alkanes of at least 4 members (excludes halogenated alkanes) is 30. The molecule has 0 fully saturated rings. The van der Waals surface area contributed by atoms with Crippen molar-refractivity contribution in [3.63, 3.8) is 0 Å². The number of carboxylic acids is 1. The SMILES string of the molecule is CCCCC/C=C\C/C=C\CCCCCCCCCCCC(=O)OC(COCCCCCCCCCCCC/C=C\CCCCCCCCCC)COP(=O)(O)OCC(N)C(=O)O. The Bertz CT molecular complexity index is 1150. The van der Waals surface area contributed by atoms with Crippen molar-refractivity contribution in [1.82, 2.24) is 0 Å². The van der Waals surface area contributed by atoms with Gasteiger partial charge in [0, 0.05) is 13.0 Å². The maximum atomic E-state index is 12.7. The fourth-order valence-corrected chi connectivity index (χ4v) is 8.11. The maximum absolute atomic E-state index is 12.7. The lowest BCUT2D eigenvalue weighted by atomic mass is 10.1. The number of hydrogen-bond donors (Lipinski definition) is 3. The smallest absolute Gasteiger partial charge is 0.472 e. The highest BCUT2D eigenvalue weighted by Crippen LogP contribution is 2.43. The predicted octanol–water partition coefficient (Wildman–Crippen LogP) is 15.2. The fraction of sp³-hybridized carbons (Fsp3) is 0.846. The molecule has 0 aromatic rings. The summed E-state index contributed by atoms with van der Waals surface area (Å²) >= 11 is 0. The van der Waals surface area contributed by atoms with Crippen LogP contribution in [0.2, 0.25) is 0 Å². The zero-order valence-corrected chi connectivity index (χ0v) is 41.6. The summed E-state index contributed by atoms with van der Waals surface area (Å²) in [5, 5.41) is 8.93. The minimum Gasteiger partial charge on any atom is -0.480 e. The monoisotopic (exact) mass is 912 g/mol. The van der Waals surface area contributed by atoms with Crippen molar-refractivity contribution in [2.45, 2.75) is 257 Å².